The Labute approximate surface area is 120 Å². The number of rotatable bonds is 7. The predicted octanol–water partition coefficient (Wildman–Crippen LogP) is 0.332. The Morgan fingerprint density at radius 3 is 2.95 bits per heavy atom. The molecule has 1 aliphatic rings. The standard InChI is InChI=1S/C14H25N5O/c1-2-7-18-11-17-8-13(18)9-19(10-14(15)20)12-3-5-16-6-4-12/h8,11-12,16H,2-7,9-10H2,1H3,(H2,15,20). The van der Waals surface area contributed by atoms with Crippen molar-refractivity contribution in [2.24, 2.45) is 5.73 Å². The van der Waals surface area contributed by atoms with Crippen molar-refractivity contribution in [1.82, 2.24) is 19.8 Å². The molecule has 0 bridgehead atoms. The minimum atomic E-state index is -0.259. The molecule has 1 aromatic rings. The van der Waals surface area contributed by atoms with Gasteiger partial charge in [0.05, 0.1) is 18.6 Å². The number of amides is 1. The highest BCUT2D eigenvalue weighted by molar-refractivity contribution is 5.75. The second-order valence-corrected chi connectivity index (χ2v) is 5.43. The van der Waals surface area contributed by atoms with Crippen molar-refractivity contribution in [3.8, 4) is 0 Å². The van der Waals surface area contributed by atoms with Gasteiger partial charge in [-0.15, -0.1) is 0 Å². The molecule has 3 N–H and O–H groups in total. The normalized spacial score (nSPS) is 16.7. The molecular weight excluding hydrogens is 254 g/mol. The van der Waals surface area contributed by atoms with E-state index in [9.17, 15) is 4.79 Å². The van der Waals surface area contributed by atoms with Crippen LogP contribution in [-0.2, 0) is 17.9 Å². The van der Waals surface area contributed by atoms with Crippen LogP contribution in [0.1, 0.15) is 31.9 Å². The zero-order chi connectivity index (χ0) is 14.4. The minimum Gasteiger partial charge on any atom is -0.369 e. The van der Waals surface area contributed by atoms with E-state index in [1.165, 1.54) is 0 Å². The molecule has 112 valence electrons. The largest absolute Gasteiger partial charge is 0.369 e. The van der Waals surface area contributed by atoms with E-state index in [4.69, 9.17) is 5.73 Å². The van der Waals surface area contributed by atoms with Gasteiger partial charge in [0.25, 0.3) is 0 Å². The third-order valence-corrected chi connectivity index (χ3v) is 3.81. The van der Waals surface area contributed by atoms with E-state index in [2.05, 4.69) is 26.7 Å². The summed E-state index contributed by atoms with van der Waals surface area (Å²) in [5.41, 5.74) is 6.57. The molecule has 0 aliphatic carbocycles. The van der Waals surface area contributed by atoms with Gasteiger partial charge in [0.15, 0.2) is 0 Å². The molecular formula is C14H25N5O. The summed E-state index contributed by atoms with van der Waals surface area (Å²) in [6, 6.07) is 0.425. The number of imidazole rings is 1. The van der Waals surface area contributed by atoms with E-state index in [0.717, 1.165) is 51.1 Å². The van der Waals surface area contributed by atoms with Gasteiger partial charge >= 0.3 is 0 Å². The number of aryl methyl sites for hydroxylation is 1. The van der Waals surface area contributed by atoms with E-state index < -0.39 is 0 Å². The highest BCUT2D eigenvalue weighted by Gasteiger charge is 2.23. The lowest BCUT2D eigenvalue weighted by atomic mass is 10.0. The molecule has 0 atom stereocenters. The molecule has 0 aromatic carbocycles. The molecule has 0 spiro atoms. The molecule has 6 nitrogen and oxygen atoms in total. The molecule has 1 fully saturated rings. The Kier molecular flexibility index (Phi) is 5.55. The number of carbonyl (C=O) groups excluding carboxylic acids is 1. The number of carbonyl (C=O) groups is 1. The van der Waals surface area contributed by atoms with Gasteiger partial charge in [0, 0.05) is 25.3 Å². The minimum absolute atomic E-state index is 0.259. The van der Waals surface area contributed by atoms with Crippen LogP contribution < -0.4 is 11.1 Å². The summed E-state index contributed by atoms with van der Waals surface area (Å²) in [6.45, 7) is 6.20. The van der Waals surface area contributed by atoms with Crippen molar-refractivity contribution in [2.75, 3.05) is 19.6 Å². The van der Waals surface area contributed by atoms with Gasteiger partial charge in [0.2, 0.25) is 5.91 Å². The van der Waals surface area contributed by atoms with Gasteiger partial charge in [-0.3, -0.25) is 9.69 Å². The second-order valence-electron chi connectivity index (χ2n) is 5.43. The van der Waals surface area contributed by atoms with Crippen LogP contribution in [0.3, 0.4) is 0 Å². The summed E-state index contributed by atoms with van der Waals surface area (Å²) in [5, 5.41) is 3.35. The molecule has 2 rings (SSSR count). The van der Waals surface area contributed by atoms with Crippen LogP contribution >= 0.6 is 0 Å². The molecule has 20 heavy (non-hydrogen) atoms. The van der Waals surface area contributed by atoms with Crippen molar-refractivity contribution < 1.29 is 4.79 Å². The van der Waals surface area contributed by atoms with E-state index >= 15 is 0 Å². The van der Waals surface area contributed by atoms with Crippen LogP contribution in [0.5, 0.6) is 0 Å². The first-order chi connectivity index (χ1) is 9.70. The van der Waals surface area contributed by atoms with Crippen LogP contribution in [0.2, 0.25) is 0 Å². The number of hydrogen-bond donors (Lipinski definition) is 2. The van der Waals surface area contributed by atoms with Crippen LogP contribution in [0.15, 0.2) is 12.5 Å². The smallest absolute Gasteiger partial charge is 0.231 e. The Balaban J connectivity index is 2.05. The number of aromatic nitrogens is 2. The number of nitrogens with zero attached hydrogens (tertiary/aromatic N) is 3. The molecule has 6 heteroatoms. The van der Waals surface area contributed by atoms with Gasteiger partial charge < -0.3 is 15.6 Å². The maximum atomic E-state index is 11.3. The van der Waals surface area contributed by atoms with Crippen molar-refractivity contribution in [1.29, 1.82) is 0 Å². The van der Waals surface area contributed by atoms with Crippen molar-refractivity contribution in [3.63, 3.8) is 0 Å². The fraction of sp³-hybridized carbons (Fsp3) is 0.714. The van der Waals surface area contributed by atoms with E-state index in [1.807, 2.05) is 12.5 Å². The molecule has 1 aromatic heterocycles. The Morgan fingerprint density at radius 1 is 1.55 bits per heavy atom. The molecule has 0 radical (unpaired) electrons. The van der Waals surface area contributed by atoms with Gasteiger partial charge in [-0.25, -0.2) is 4.98 Å². The zero-order valence-corrected chi connectivity index (χ0v) is 12.2. The van der Waals surface area contributed by atoms with E-state index in [0.29, 0.717) is 12.6 Å². The number of nitrogens with one attached hydrogen (secondary N) is 1. The summed E-state index contributed by atoms with van der Waals surface area (Å²) in [4.78, 5) is 17.8. The molecule has 2 heterocycles. The van der Waals surface area contributed by atoms with Crippen molar-refractivity contribution >= 4 is 5.91 Å². The van der Waals surface area contributed by atoms with E-state index in [-0.39, 0.29) is 5.91 Å². The first kappa shape index (κ1) is 15.0. The van der Waals surface area contributed by atoms with Gasteiger partial charge in [-0.05, 0) is 32.4 Å². The monoisotopic (exact) mass is 279 g/mol. The van der Waals surface area contributed by atoms with Crippen LogP contribution in [0.4, 0.5) is 0 Å². The lowest BCUT2D eigenvalue weighted by Crippen LogP contribution is -2.46. The maximum absolute atomic E-state index is 11.3. The summed E-state index contributed by atoms with van der Waals surface area (Å²) in [6.07, 6.45) is 6.96. The van der Waals surface area contributed by atoms with Crippen LogP contribution in [-0.4, -0.2) is 46.0 Å². The third kappa shape index (κ3) is 4.05. The maximum Gasteiger partial charge on any atom is 0.231 e. The van der Waals surface area contributed by atoms with Gasteiger partial charge in [0.1, 0.15) is 0 Å². The first-order valence-electron chi connectivity index (χ1n) is 7.42. The third-order valence-electron chi connectivity index (χ3n) is 3.81. The summed E-state index contributed by atoms with van der Waals surface area (Å²) >= 11 is 0. The summed E-state index contributed by atoms with van der Waals surface area (Å²) in [5.74, 6) is -0.259. The van der Waals surface area contributed by atoms with Crippen molar-refractivity contribution in [2.45, 2.75) is 45.3 Å². The molecule has 1 saturated heterocycles. The quantitative estimate of drug-likeness (QED) is 0.754. The van der Waals surface area contributed by atoms with Gasteiger partial charge in [-0.2, -0.15) is 0 Å². The summed E-state index contributed by atoms with van der Waals surface area (Å²) < 4.78 is 2.16. The van der Waals surface area contributed by atoms with Crippen molar-refractivity contribution in [3.05, 3.63) is 18.2 Å². The number of nitrogens with two attached hydrogens (primary N) is 1. The second kappa shape index (κ2) is 7.40. The lowest BCUT2D eigenvalue weighted by molar-refractivity contribution is -0.120. The zero-order valence-electron chi connectivity index (χ0n) is 12.2. The first-order valence-corrected chi connectivity index (χ1v) is 7.42. The lowest BCUT2D eigenvalue weighted by Gasteiger charge is -2.33. The van der Waals surface area contributed by atoms with Crippen LogP contribution in [0, 0.1) is 0 Å². The number of hydrogen-bond acceptors (Lipinski definition) is 4. The topological polar surface area (TPSA) is 76.2 Å². The van der Waals surface area contributed by atoms with Gasteiger partial charge in [-0.1, -0.05) is 6.92 Å². The highest BCUT2D eigenvalue weighted by atomic mass is 16.1. The average molecular weight is 279 g/mol. The Hall–Kier alpha value is -1.40. The van der Waals surface area contributed by atoms with E-state index in [1.54, 1.807) is 0 Å². The fourth-order valence-electron chi connectivity index (χ4n) is 2.82. The number of primary amides is 1. The highest BCUT2D eigenvalue weighted by Crippen LogP contribution is 2.15. The van der Waals surface area contributed by atoms with Crippen LogP contribution in [0.25, 0.3) is 0 Å². The average Bonchev–Trinajstić information content (AvgIpc) is 2.86. The summed E-state index contributed by atoms with van der Waals surface area (Å²) in [7, 11) is 0. The molecule has 1 aliphatic heterocycles. The SMILES string of the molecule is CCCn1cncc1CN(CC(N)=O)C1CCNCC1. The fourth-order valence-corrected chi connectivity index (χ4v) is 2.82. The Morgan fingerprint density at radius 2 is 2.30 bits per heavy atom. The molecule has 0 unspecified atom stereocenters. The molecule has 0 saturated carbocycles. The predicted molar refractivity (Wildman–Crippen MR) is 78.0 cm³/mol. The molecule has 1 amide bonds. The number of piperidine rings is 1. The Bertz CT molecular complexity index is 425.